The molecule has 2 aromatic rings. The summed E-state index contributed by atoms with van der Waals surface area (Å²) in [5, 5.41) is 0. The number of carbonyl (C=O) groups excluding carboxylic acids is 1. The second-order valence-electron chi connectivity index (χ2n) is 4.31. The van der Waals surface area contributed by atoms with Crippen molar-refractivity contribution in [2.75, 3.05) is 7.05 Å². The maximum Gasteiger partial charge on any atom is 0.431 e. The topological polar surface area (TPSA) is 81.8 Å². The Morgan fingerprint density at radius 3 is 2.62 bits per heavy atom. The van der Waals surface area contributed by atoms with Crippen molar-refractivity contribution in [2.24, 2.45) is 0 Å². The van der Waals surface area contributed by atoms with Crippen LogP contribution in [0.15, 0.2) is 29.3 Å². The molecule has 0 unspecified atom stereocenters. The lowest BCUT2D eigenvalue weighted by Crippen LogP contribution is -2.32. The van der Waals surface area contributed by atoms with Crippen LogP contribution in [-0.2, 0) is 12.7 Å². The number of halogens is 3. The standard InChI is InChI=1S/C12H11F3N4O2/c1-19(6-9-16-4-5-17-9)11(21)7-2-3-8(12(13,14)15)18-10(7)20/h2-5H,6H2,1H3,(H,16,17)(H,18,20). The predicted octanol–water partition coefficient (Wildman–Crippen LogP) is 1.39. The van der Waals surface area contributed by atoms with E-state index >= 15 is 0 Å². The summed E-state index contributed by atoms with van der Waals surface area (Å²) in [7, 11) is 1.42. The minimum Gasteiger partial charge on any atom is -0.347 e. The zero-order valence-corrected chi connectivity index (χ0v) is 10.9. The van der Waals surface area contributed by atoms with Crippen molar-refractivity contribution in [3.63, 3.8) is 0 Å². The fourth-order valence-corrected chi connectivity index (χ4v) is 1.69. The largest absolute Gasteiger partial charge is 0.431 e. The van der Waals surface area contributed by atoms with Gasteiger partial charge in [0.15, 0.2) is 0 Å². The normalized spacial score (nSPS) is 11.4. The Bertz CT molecular complexity index is 691. The second kappa shape index (κ2) is 5.43. The van der Waals surface area contributed by atoms with E-state index < -0.39 is 23.3 Å². The van der Waals surface area contributed by atoms with Gasteiger partial charge in [-0.15, -0.1) is 0 Å². The lowest BCUT2D eigenvalue weighted by atomic mass is 10.2. The first-order valence-electron chi connectivity index (χ1n) is 5.83. The molecule has 0 aromatic carbocycles. The molecule has 2 heterocycles. The average Bonchev–Trinajstić information content (AvgIpc) is 2.89. The molecule has 112 valence electrons. The molecule has 1 amide bonds. The number of nitrogens with zero attached hydrogens (tertiary/aromatic N) is 2. The summed E-state index contributed by atoms with van der Waals surface area (Å²) in [6, 6.07) is 1.53. The van der Waals surface area contributed by atoms with Crippen LogP contribution >= 0.6 is 0 Å². The highest BCUT2D eigenvalue weighted by atomic mass is 19.4. The number of nitrogens with one attached hydrogen (secondary N) is 2. The van der Waals surface area contributed by atoms with Crippen molar-refractivity contribution in [1.29, 1.82) is 0 Å². The van der Waals surface area contributed by atoms with Gasteiger partial charge in [0.25, 0.3) is 11.5 Å². The molecule has 6 nitrogen and oxygen atoms in total. The van der Waals surface area contributed by atoms with E-state index in [1.54, 1.807) is 11.2 Å². The summed E-state index contributed by atoms with van der Waals surface area (Å²) < 4.78 is 37.3. The first-order chi connectivity index (χ1) is 9.79. The summed E-state index contributed by atoms with van der Waals surface area (Å²) in [6.07, 6.45) is -1.60. The highest BCUT2D eigenvalue weighted by molar-refractivity contribution is 5.93. The molecule has 0 aliphatic carbocycles. The SMILES string of the molecule is CN(Cc1ncc[nH]1)C(=O)c1ccc(C(F)(F)F)[nH]c1=O. The molecule has 0 saturated heterocycles. The first-order valence-corrected chi connectivity index (χ1v) is 5.83. The van der Waals surface area contributed by atoms with Crippen LogP contribution in [0.5, 0.6) is 0 Å². The van der Waals surface area contributed by atoms with Gasteiger partial charge >= 0.3 is 6.18 Å². The maximum absolute atomic E-state index is 12.4. The second-order valence-corrected chi connectivity index (χ2v) is 4.31. The molecule has 21 heavy (non-hydrogen) atoms. The average molecular weight is 300 g/mol. The van der Waals surface area contributed by atoms with Crippen molar-refractivity contribution in [3.8, 4) is 0 Å². The quantitative estimate of drug-likeness (QED) is 0.898. The summed E-state index contributed by atoms with van der Waals surface area (Å²) in [5.41, 5.74) is -2.64. The number of aromatic amines is 2. The number of imidazole rings is 1. The van der Waals surface area contributed by atoms with E-state index in [9.17, 15) is 22.8 Å². The zero-order valence-electron chi connectivity index (χ0n) is 10.9. The Kier molecular flexibility index (Phi) is 3.83. The fourth-order valence-electron chi connectivity index (χ4n) is 1.69. The predicted molar refractivity (Wildman–Crippen MR) is 66.4 cm³/mol. The van der Waals surface area contributed by atoms with Crippen molar-refractivity contribution in [3.05, 3.63) is 52.0 Å². The molecule has 2 aromatic heterocycles. The zero-order chi connectivity index (χ0) is 15.6. The van der Waals surface area contributed by atoms with E-state index in [1.807, 2.05) is 0 Å². The molecule has 0 bridgehead atoms. The Hall–Kier alpha value is -2.58. The van der Waals surface area contributed by atoms with Gasteiger partial charge in [0.2, 0.25) is 0 Å². The number of H-pyrrole nitrogens is 2. The number of rotatable bonds is 3. The van der Waals surface area contributed by atoms with E-state index in [-0.39, 0.29) is 12.1 Å². The van der Waals surface area contributed by atoms with Crippen LogP contribution in [-0.4, -0.2) is 32.8 Å². The number of carbonyl (C=O) groups is 1. The molecule has 0 aliphatic heterocycles. The van der Waals surface area contributed by atoms with Gasteiger partial charge in [0.05, 0.1) is 6.54 Å². The molecule has 0 radical (unpaired) electrons. The van der Waals surface area contributed by atoms with Crippen LogP contribution in [0.3, 0.4) is 0 Å². The molecule has 2 N–H and O–H groups in total. The van der Waals surface area contributed by atoms with Crippen LogP contribution in [0.1, 0.15) is 21.9 Å². The molecule has 0 fully saturated rings. The van der Waals surface area contributed by atoms with Crippen molar-refractivity contribution >= 4 is 5.91 Å². The monoisotopic (exact) mass is 300 g/mol. The Morgan fingerprint density at radius 2 is 2.10 bits per heavy atom. The smallest absolute Gasteiger partial charge is 0.347 e. The minimum atomic E-state index is -4.67. The van der Waals surface area contributed by atoms with Gasteiger partial charge in [-0.1, -0.05) is 0 Å². The van der Waals surface area contributed by atoms with Crippen molar-refractivity contribution < 1.29 is 18.0 Å². The van der Waals surface area contributed by atoms with Gasteiger partial charge in [-0.2, -0.15) is 13.2 Å². The van der Waals surface area contributed by atoms with Crippen LogP contribution in [0.4, 0.5) is 13.2 Å². The van der Waals surface area contributed by atoms with Crippen LogP contribution < -0.4 is 5.56 Å². The van der Waals surface area contributed by atoms with Crippen LogP contribution in [0, 0.1) is 0 Å². The van der Waals surface area contributed by atoms with Gasteiger partial charge in [-0.25, -0.2) is 4.98 Å². The van der Waals surface area contributed by atoms with E-state index in [0.29, 0.717) is 11.9 Å². The summed E-state index contributed by atoms with van der Waals surface area (Å²) >= 11 is 0. The number of alkyl halides is 3. The van der Waals surface area contributed by atoms with Gasteiger partial charge in [-0.3, -0.25) is 9.59 Å². The van der Waals surface area contributed by atoms with Crippen LogP contribution in [0.2, 0.25) is 0 Å². The number of hydrogen-bond acceptors (Lipinski definition) is 3. The molecule has 0 spiro atoms. The number of aromatic nitrogens is 3. The Labute approximate surface area is 116 Å². The van der Waals surface area contributed by atoms with E-state index in [0.717, 1.165) is 6.07 Å². The van der Waals surface area contributed by atoms with Gasteiger partial charge < -0.3 is 14.9 Å². The molecule has 0 saturated carbocycles. The van der Waals surface area contributed by atoms with Crippen molar-refractivity contribution in [2.45, 2.75) is 12.7 Å². The summed E-state index contributed by atoms with van der Waals surface area (Å²) in [6.45, 7) is 0.103. The molecule has 0 atom stereocenters. The summed E-state index contributed by atoms with van der Waals surface area (Å²) in [5.74, 6) is -0.199. The Morgan fingerprint density at radius 1 is 1.38 bits per heavy atom. The lowest BCUT2D eigenvalue weighted by molar-refractivity contribution is -0.141. The summed E-state index contributed by atoms with van der Waals surface area (Å²) in [4.78, 5) is 33.2. The first kappa shape index (κ1) is 14.8. The highest BCUT2D eigenvalue weighted by Gasteiger charge is 2.32. The van der Waals surface area contributed by atoms with Gasteiger partial charge in [0.1, 0.15) is 17.1 Å². The van der Waals surface area contributed by atoms with Gasteiger partial charge in [-0.05, 0) is 12.1 Å². The lowest BCUT2D eigenvalue weighted by Gasteiger charge is -2.15. The molecule has 2 rings (SSSR count). The third kappa shape index (κ3) is 3.30. The third-order valence-corrected chi connectivity index (χ3v) is 2.73. The number of amides is 1. The van der Waals surface area contributed by atoms with E-state index in [1.165, 1.54) is 18.1 Å². The maximum atomic E-state index is 12.4. The third-order valence-electron chi connectivity index (χ3n) is 2.73. The molecule has 0 aliphatic rings. The molecule has 9 heteroatoms. The van der Waals surface area contributed by atoms with E-state index in [4.69, 9.17) is 0 Å². The fraction of sp³-hybridized carbons (Fsp3) is 0.250. The Balaban J connectivity index is 2.21. The van der Waals surface area contributed by atoms with Gasteiger partial charge in [0, 0.05) is 19.4 Å². The molecular weight excluding hydrogens is 289 g/mol. The number of pyridine rings is 1. The van der Waals surface area contributed by atoms with E-state index in [2.05, 4.69) is 9.97 Å². The van der Waals surface area contributed by atoms with Crippen molar-refractivity contribution in [1.82, 2.24) is 19.9 Å². The highest BCUT2D eigenvalue weighted by Crippen LogP contribution is 2.26. The minimum absolute atomic E-state index is 0.103. The molecular formula is C12H11F3N4O2. The number of hydrogen-bond donors (Lipinski definition) is 2. The van der Waals surface area contributed by atoms with Crippen LogP contribution in [0.25, 0.3) is 0 Å².